The predicted molar refractivity (Wildman–Crippen MR) is 118 cm³/mol. The van der Waals surface area contributed by atoms with Crippen molar-refractivity contribution in [3.8, 4) is 0 Å². The quantitative estimate of drug-likeness (QED) is 0.341. The minimum atomic E-state index is -2.44. The summed E-state index contributed by atoms with van der Waals surface area (Å²) in [6.45, 7) is 8.53. The van der Waals surface area contributed by atoms with Crippen LogP contribution in [0.5, 0.6) is 0 Å². The zero-order valence-electron chi connectivity index (χ0n) is 16.5. The molecule has 0 aliphatic rings. The van der Waals surface area contributed by atoms with Gasteiger partial charge in [-0.15, -0.1) is 0 Å². The molecule has 0 unspecified atom stereocenters. The maximum absolute atomic E-state index is 6.93. The monoisotopic (exact) mass is 373 g/mol. The van der Waals surface area contributed by atoms with Gasteiger partial charge in [0.15, 0.2) is 5.88 Å². The van der Waals surface area contributed by atoms with Crippen molar-refractivity contribution in [3.63, 3.8) is 0 Å². The highest BCUT2D eigenvalue weighted by Gasteiger charge is 2.37. The van der Waals surface area contributed by atoms with E-state index in [1.807, 2.05) is 19.1 Å². The number of rotatable bonds is 6. The summed E-state index contributed by atoms with van der Waals surface area (Å²) < 4.78 is 9.12. The van der Waals surface area contributed by atoms with E-state index < -0.39 is 8.32 Å². The van der Waals surface area contributed by atoms with Crippen LogP contribution >= 0.6 is 0 Å². The summed E-state index contributed by atoms with van der Waals surface area (Å²) in [6.07, 6.45) is 6.14. The van der Waals surface area contributed by atoms with Gasteiger partial charge in [0.1, 0.15) is 0 Å². The summed E-state index contributed by atoms with van der Waals surface area (Å²) in [5.74, 6) is 0.870. The smallest absolute Gasteiger partial charge is 0.313 e. The predicted octanol–water partition coefficient (Wildman–Crippen LogP) is 4.89. The Hall–Kier alpha value is -2.78. The maximum atomic E-state index is 6.93. The minimum absolute atomic E-state index is 0.870. The second-order valence-corrected chi connectivity index (χ2v) is 10.3. The fourth-order valence-electron chi connectivity index (χ4n) is 3.35. The van der Waals surface area contributed by atoms with Crippen LogP contribution in [0.4, 0.5) is 0 Å². The molecule has 0 saturated heterocycles. The lowest BCUT2D eigenvalue weighted by molar-refractivity contribution is 0.484. The van der Waals surface area contributed by atoms with Crippen molar-refractivity contribution >= 4 is 24.6 Å². The van der Waals surface area contributed by atoms with E-state index in [9.17, 15) is 0 Å². The molecule has 0 atom stereocenters. The summed E-state index contributed by atoms with van der Waals surface area (Å²) in [4.78, 5) is 0. The van der Waals surface area contributed by atoms with Crippen LogP contribution in [0.1, 0.15) is 18.3 Å². The van der Waals surface area contributed by atoms with Crippen molar-refractivity contribution in [2.75, 3.05) is 0 Å². The molecule has 0 bridgehead atoms. The van der Waals surface area contributed by atoms with Crippen molar-refractivity contribution < 1.29 is 4.43 Å². The largest absolute Gasteiger partial charge is 0.523 e. The van der Waals surface area contributed by atoms with Crippen LogP contribution in [-0.2, 0) is 4.43 Å². The molecular weight excluding hydrogens is 346 g/mol. The minimum Gasteiger partial charge on any atom is -0.523 e. The Bertz CT molecular complexity index is 880. The maximum Gasteiger partial charge on any atom is 0.313 e. The zero-order chi connectivity index (χ0) is 19.3. The lowest BCUT2D eigenvalue weighted by Crippen LogP contribution is -2.58. The van der Waals surface area contributed by atoms with Gasteiger partial charge >= 0.3 is 8.32 Å². The van der Waals surface area contributed by atoms with Gasteiger partial charge in [-0.05, 0) is 55.9 Å². The van der Waals surface area contributed by atoms with E-state index in [-0.39, 0.29) is 0 Å². The summed E-state index contributed by atoms with van der Waals surface area (Å²) in [5.41, 5.74) is 2.33. The summed E-state index contributed by atoms with van der Waals surface area (Å²) in [6, 6.07) is 25.5. The van der Waals surface area contributed by atoms with Gasteiger partial charge in [0.25, 0.3) is 0 Å². The standard InChI is InChI=1S/C24H27NOSi/c1-5-6-17-24(25-20(2)18-19-21(25)3)26-27(4,22-13-9-7-10-14-22)23-15-11-8-12-16-23/h5-19H,1-4H3/b6-5-,24-17-. The summed E-state index contributed by atoms with van der Waals surface area (Å²) in [7, 11) is -2.44. The van der Waals surface area contributed by atoms with Gasteiger partial charge in [-0.2, -0.15) is 0 Å². The number of allylic oxidation sites excluding steroid dienone is 3. The molecule has 3 heteroatoms. The number of aryl methyl sites for hydroxylation is 2. The third-order valence-electron chi connectivity index (χ3n) is 4.88. The normalized spacial score (nSPS) is 12.5. The molecule has 2 nitrogen and oxygen atoms in total. The van der Waals surface area contributed by atoms with Gasteiger partial charge in [0.05, 0.1) is 0 Å². The zero-order valence-corrected chi connectivity index (χ0v) is 17.5. The second-order valence-electron chi connectivity index (χ2n) is 6.85. The van der Waals surface area contributed by atoms with Crippen molar-refractivity contribution in [2.24, 2.45) is 0 Å². The van der Waals surface area contributed by atoms with E-state index in [4.69, 9.17) is 4.43 Å². The van der Waals surface area contributed by atoms with Crippen LogP contribution in [0.25, 0.3) is 5.88 Å². The summed E-state index contributed by atoms with van der Waals surface area (Å²) in [5, 5.41) is 2.51. The van der Waals surface area contributed by atoms with Gasteiger partial charge < -0.3 is 4.43 Å². The Morgan fingerprint density at radius 3 is 1.74 bits per heavy atom. The molecule has 138 valence electrons. The number of nitrogens with zero attached hydrogens (tertiary/aromatic N) is 1. The third kappa shape index (κ3) is 3.98. The second kappa shape index (κ2) is 8.27. The first-order chi connectivity index (χ1) is 13.1. The highest BCUT2D eigenvalue weighted by molar-refractivity contribution is 6.97. The fraction of sp³-hybridized carbons (Fsp3) is 0.167. The number of hydrogen-bond donors (Lipinski definition) is 0. The molecule has 3 rings (SSSR count). The van der Waals surface area contributed by atoms with Gasteiger partial charge in [0, 0.05) is 11.4 Å². The molecule has 0 fully saturated rings. The Kier molecular flexibility index (Phi) is 5.82. The topological polar surface area (TPSA) is 14.2 Å². The molecule has 2 aromatic carbocycles. The SMILES string of the molecule is C/C=C\C=C(/O[Si](C)(c1ccccc1)c1ccccc1)n1c(C)ccc1C. The van der Waals surface area contributed by atoms with Gasteiger partial charge in [-0.1, -0.05) is 72.8 Å². The molecule has 0 amide bonds. The van der Waals surface area contributed by atoms with Gasteiger partial charge in [-0.3, -0.25) is 4.57 Å². The molecule has 3 aromatic rings. The van der Waals surface area contributed by atoms with Crippen LogP contribution < -0.4 is 10.4 Å². The van der Waals surface area contributed by atoms with E-state index in [0.717, 1.165) is 5.88 Å². The van der Waals surface area contributed by atoms with Crippen molar-refractivity contribution in [1.82, 2.24) is 4.57 Å². The average Bonchev–Trinajstić information content (AvgIpc) is 3.04. The molecule has 0 saturated carbocycles. The van der Waals surface area contributed by atoms with Crippen molar-refractivity contribution in [3.05, 3.63) is 102 Å². The molecule has 27 heavy (non-hydrogen) atoms. The molecule has 0 radical (unpaired) electrons. The van der Waals surface area contributed by atoms with E-state index in [2.05, 4.69) is 104 Å². The van der Waals surface area contributed by atoms with Crippen LogP contribution in [0.3, 0.4) is 0 Å². The summed E-state index contributed by atoms with van der Waals surface area (Å²) >= 11 is 0. The van der Waals surface area contributed by atoms with Gasteiger partial charge in [0.2, 0.25) is 0 Å². The highest BCUT2D eigenvalue weighted by atomic mass is 28.4. The van der Waals surface area contributed by atoms with Crippen LogP contribution in [0.2, 0.25) is 6.55 Å². The highest BCUT2D eigenvalue weighted by Crippen LogP contribution is 2.21. The van der Waals surface area contributed by atoms with Crippen LogP contribution in [-0.4, -0.2) is 12.9 Å². The first kappa shape index (κ1) is 19.0. The lowest BCUT2D eigenvalue weighted by Gasteiger charge is -2.31. The molecule has 0 spiro atoms. The molecule has 1 aromatic heterocycles. The Balaban J connectivity index is 2.15. The Morgan fingerprint density at radius 1 is 0.815 bits per heavy atom. The molecule has 1 heterocycles. The van der Waals surface area contributed by atoms with E-state index in [0.29, 0.717) is 0 Å². The molecule has 0 aliphatic carbocycles. The lowest BCUT2D eigenvalue weighted by atomic mass is 10.4. The van der Waals surface area contributed by atoms with Crippen LogP contribution in [0.15, 0.2) is 91.0 Å². The van der Waals surface area contributed by atoms with E-state index >= 15 is 0 Å². The third-order valence-corrected chi connectivity index (χ3v) is 8.37. The Labute approximate surface area is 163 Å². The molecular formula is C24H27NOSi. The van der Waals surface area contributed by atoms with E-state index in [1.165, 1.54) is 21.8 Å². The number of aromatic nitrogens is 1. The van der Waals surface area contributed by atoms with Gasteiger partial charge in [-0.25, -0.2) is 0 Å². The van der Waals surface area contributed by atoms with Crippen molar-refractivity contribution in [1.29, 1.82) is 0 Å². The Morgan fingerprint density at radius 2 is 1.30 bits per heavy atom. The van der Waals surface area contributed by atoms with Crippen molar-refractivity contribution in [2.45, 2.75) is 27.3 Å². The molecule has 0 aliphatic heterocycles. The first-order valence-electron chi connectivity index (χ1n) is 9.34. The number of benzene rings is 2. The van der Waals surface area contributed by atoms with Crippen LogP contribution in [0, 0.1) is 13.8 Å². The first-order valence-corrected chi connectivity index (χ1v) is 11.8. The average molecular weight is 374 g/mol. The molecule has 0 N–H and O–H groups in total. The van der Waals surface area contributed by atoms with E-state index in [1.54, 1.807) is 0 Å². The number of hydrogen-bond acceptors (Lipinski definition) is 1. The fourth-order valence-corrected chi connectivity index (χ4v) is 6.16.